The zero-order valence-electron chi connectivity index (χ0n) is 11.0. The predicted octanol–water partition coefficient (Wildman–Crippen LogP) is 1.19. The molecule has 0 aliphatic carbocycles. The average molecular weight is 259 g/mol. The van der Waals surface area contributed by atoms with Crippen LogP contribution in [0.2, 0.25) is 0 Å². The highest BCUT2D eigenvalue weighted by Gasteiger charge is 2.36. The van der Waals surface area contributed by atoms with Crippen molar-refractivity contribution in [1.82, 2.24) is 4.90 Å². The van der Waals surface area contributed by atoms with Crippen LogP contribution >= 0.6 is 0 Å². The van der Waals surface area contributed by atoms with Crippen LogP contribution in [0, 0.1) is 0 Å². The fourth-order valence-corrected chi connectivity index (χ4v) is 1.82. The van der Waals surface area contributed by atoms with Crippen LogP contribution in [0.15, 0.2) is 0 Å². The number of carbonyl (C=O) groups is 2. The first-order valence-corrected chi connectivity index (χ1v) is 6.29. The highest BCUT2D eigenvalue weighted by atomic mass is 16.6. The van der Waals surface area contributed by atoms with Crippen LogP contribution in [-0.4, -0.2) is 56.5 Å². The molecule has 1 aliphatic rings. The van der Waals surface area contributed by atoms with Crippen molar-refractivity contribution in [2.45, 2.75) is 32.2 Å². The lowest BCUT2D eigenvalue weighted by Gasteiger charge is -2.22. The first-order valence-electron chi connectivity index (χ1n) is 6.29. The molecule has 18 heavy (non-hydrogen) atoms. The molecule has 1 unspecified atom stereocenters. The minimum Gasteiger partial charge on any atom is -0.464 e. The van der Waals surface area contributed by atoms with Gasteiger partial charge in [-0.2, -0.15) is 0 Å². The van der Waals surface area contributed by atoms with Gasteiger partial charge >= 0.3 is 12.1 Å². The highest BCUT2D eigenvalue weighted by molar-refractivity contribution is 5.82. The molecule has 0 spiro atoms. The summed E-state index contributed by atoms with van der Waals surface area (Å²) in [5, 5.41) is 0. The maximum atomic E-state index is 11.8. The summed E-state index contributed by atoms with van der Waals surface area (Å²) in [7, 11) is 1.54. The van der Waals surface area contributed by atoms with Crippen molar-refractivity contribution in [3.8, 4) is 0 Å². The van der Waals surface area contributed by atoms with Gasteiger partial charge in [0.1, 0.15) is 12.6 Å². The van der Waals surface area contributed by atoms with Gasteiger partial charge < -0.3 is 14.2 Å². The van der Waals surface area contributed by atoms with E-state index in [9.17, 15) is 9.59 Å². The zero-order valence-corrected chi connectivity index (χ0v) is 11.0. The molecule has 1 aliphatic heterocycles. The molecule has 1 fully saturated rings. The molecule has 0 aromatic heterocycles. The van der Waals surface area contributed by atoms with Crippen molar-refractivity contribution < 1.29 is 23.8 Å². The van der Waals surface area contributed by atoms with Gasteiger partial charge in [-0.25, -0.2) is 9.59 Å². The van der Waals surface area contributed by atoms with E-state index in [1.165, 1.54) is 12.0 Å². The second kappa shape index (κ2) is 7.92. The highest BCUT2D eigenvalue weighted by Crippen LogP contribution is 2.19. The molecule has 1 amide bonds. The second-order valence-corrected chi connectivity index (χ2v) is 4.13. The molecule has 1 atom stereocenters. The second-order valence-electron chi connectivity index (χ2n) is 4.13. The summed E-state index contributed by atoms with van der Waals surface area (Å²) in [5.74, 6) is -0.335. The third kappa shape index (κ3) is 4.18. The number of carbonyl (C=O) groups excluding carboxylic acids is 2. The van der Waals surface area contributed by atoms with Crippen molar-refractivity contribution in [2.75, 3.05) is 33.5 Å². The van der Waals surface area contributed by atoms with Crippen LogP contribution in [0.5, 0.6) is 0 Å². The minimum absolute atomic E-state index is 0.197. The normalized spacial score (nSPS) is 18.8. The van der Waals surface area contributed by atoms with Gasteiger partial charge in [0.25, 0.3) is 0 Å². The molecule has 0 radical (unpaired) electrons. The molecule has 1 heterocycles. The van der Waals surface area contributed by atoms with Crippen molar-refractivity contribution >= 4 is 12.1 Å². The monoisotopic (exact) mass is 259 g/mol. The summed E-state index contributed by atoms with van der Waals surface area (Å²) >= 11 is 0. The summed E-state index contributed by atoms with van der Waals surface area (Å²) in [5.41, 5.74) is 0. The Bertz CT molecular complexity index is 282. The van der Waals surface area contributed by atoms with E-state index in [-0.39, 0.29) is 12.6 Å². The van der Waals surface area contributed by atoms with E-state index < -0.39 is 12.1 Å². The van der Waals surface area contributed by atoms with Gasteiger partial charge in [0.2, 0.25) is 0 Å². The van der Waals surface area contributed by atoms with E-state index in [0.29, 0.717) is 26.2 Å². The Balaban J connectivity index is 2.43. The molecule has 0 N–H and O–H groups in total. The van der Waals surface area contributed by atoms with Crippen molar-refractivity contribution in [3.63, 3.8) is 0 Å². The van der Waals surface area contributed by atoms with E-state index in [1.54, 1.807) is 0 Å². The van der Waals surface area contributed by atoms with Crippen LogP contribution in [0.1, 0.15) is 26.2 Å². The molecule has 6 nitrogen and oxygen atoms in total. The van der Waals surface area contributed by atoms with E-state index in [2.05, 4.69) is 0 Å². The maximum Gasteiger partial charge on any atom is 0.410 e. The fraction of sp³-hybridized carbons (Fsp3) is 0.833. The molecule has 1 saturated heterocycles. The topological polar surface area (TPSA) is 65.1 Å². The lowest BCUT2D eigenvalue weighted by atomic mass is 10.2. The van der Waals surface area contributed by atoms with E-state index in [1.807, 2.05) is 6.92 Å². The number of ether oxygens (including phenoxy) is 3. The van der Waals surface area contributed by atoms with Crippen molar-refractivity contribution in [2.24, 2.45) is 0 Å². The minimum atomic E-state index is -0.494. The number of methoxy groups -OCH3 is 1. The van der Waals surface area contributed by atoms with E-state index >= 15 is 0 Å². The predicted molar refractivity (Wildman–Crippen MR) is 64.2 cm³/mol. The van der Waals surface area contributed by atoms with Crippen LogP contribution in [0.25, 0.3) is 0 Å². The fourth-order valence-electron chi connectivity index (χ4n) is 1.82. The number of hydrogen-bond acceptors (Lipinski definition) is 5. The molecule has 104 valence electrons. The molecule has 0 saturated carbocycles. The van der Waals surface area contributed by atoms with Gasteiger partial charge in [-0.15, -0.1) is 0 Å². The molecular formula is C12H21NO5. The van der Waals surface area contributed by atoms with Crippen LogP contribution < -0.4 is 0 Å². The standard InChI is InChI=1S/C12H21NO5/c1-3-7-17-11(14)10-5-4-6-13(10)12(15)18-9-8-16-2/h10H,3-9H2,1-2H3. The average Bonchev–Trinajstić information content (AvgIpc) is 2.85. The van der Waals surface area contributed by atoms with Crippen molar-refractivity contribution in [1.29, 1.82) is 0 Å². The molecular weight excluding hydrogens is 238 g/mol. The summed E-state index contributed by atoms with van der Waals surface area (Å²) in [6, 6.07) is -0.494. The smallest absolute Gasteiger partial charge is 0.410 e. The zero-order chi connectivity index (χ0) is 13.4. The van der Waals surface area contributed by atoms with Crippen LogP contribution in [0.4, 0.5) is 4.79 Å². The van der Waals surface area contributed by atoms with Crippen LogP contribution in [-0.2, 0) is 19.0 Å². The summed E-state index contributed by atoms with van der Waals surface area (Å²) < 4.78 is 14.9. The summed E-state index contributed by atoms with van der Waals surface area (Å²) in [4.78, 5) is 24.9. The van der Waals surface area contributed by atoms with E-state index in [4.69, 9.17) is 14.2 Å². The molecule has 0 aromatic rings. The third-order valence-corrected chi connectivity index (χ3v) is 2.72. The molecule has 6 heteroatoms. The van der Waals surface area contributed by atoms with Gasteiger partial charge in [-0.3, -0.25) is 4.90 Å². The SMILES string of the molecule is CCCOC(=O)C1CCCN1C(=O)OCCOC. The largest absolute Gasteiger partial charge is 0.464 e. The number of esters is 1. The maximum absolute atomic E-state index is 11.8. The first kappa shape index (κ1) is 14.8. The Morgan fingerprint density at radius 1 is 1.22 bits per heavy atom. The Hall–Kier alpha value is -1.30. The molecule has 1 rings (SSSR count). The number of rotatable bonds is 6. The van der Waals surface area contributed by atoms with Gasteiger partial charge in [-0.05, 0) is 19.3 Å². The van der Waals surface area contributed by atoms with E-state index in [0.717, 1.165) is 12.8 Å². The number of hydrogen-bond donors (Lipinski definition) is 0. The number of nitrogens with zero attached hydrogens (tertiary/aromatic N) is 1. The Labute approximate surface area is 107 Å². The Kier molecular flexibility index (Phi) is 6.49. The van der Waals surface area contributed by atoms with Crippen molar-refractivity contribution in [3.05, 3.63) is 0 Å². The molecule has 0 bridgehead atoms. The van der Waals surface area contributed by atoms with Gasteiger partial charge in [0.05, 0.1) is 13.2 Å². The third-order valence-electron chi connectivity index (χ3n) is 2.72. The summed E-state index contributed by atoms with van der Waals surface area (Å²) in [6.07, 6.45) is 1.74. The van der Waals surface area contributed by atoms with Gasteiger partial charge in [-0.1, -0.05) is 6.92 Å². The Morgan fingerprint density at radius 2 is 2.00 bits per heavy atom. The van der Waals surface area contributed by atoms with Gasteiger partial charge in [0.15, 0.2) is 0 Å². The number of likely N-dealkylation sites (tertiary alicyclic amines) is 1. The molecule has 0 aromatic carbocycles. The lowest BCUT2D eigenvalue weighted by molar-refractivity contribution is -0.148. The summed E-state index contributed by atoms with van der Waals surface area (Å²) in [6.45, 7) is 3.41. The first-order chi connectivity index (χ1) is 8.70. The lowest BCUT2D eigenvalue weighted by Crippen LogP contribution is -2.42. The van der Waals surface area contributed by atoms with Gasteiger partial charge in [0, 0.05) is 13.7 Å². The Morgan fingerprint density at radius 3 is 2.67 bits per heavy atom. The quantitative estimate of drug-likeness (QED) is 0.529. The van der Waals surface area contributed by atoms with Crippen LogP contribution in [0.3, 0.4) is 0 Å². The number of amides is 1.